The molecule has 4 nitrogen and oxygen atoms in total. The molecule has 0 saturated carbocycles. The number of nitrogens with one attached hydrogen (secondary N) is 1. The topological polar surface area (TPSA) is 52.6 Å². The van der Waals surface area contributed by atoms with Crippen LogP contribution in [0.4, 0.5) is 8.78 Å². The van der Waals surface area contributed by atoms with Crippen molar-refractivity contribution in [3.63, 3.8) is 0 Å². The molecule has 0 aliphatic heterocycles. The first-order chi connectivity index (χ1) is 8.69. The second-order valence-electron chi connectivity index (χ2n) is 5.08. The number of rotatable bonds is 5. The molecule has 0 bridgehead atoms. The number of carbonyl (C=O) groups excluding carboxylic acids is 1. The van der Waals surface area contributed by atoms with E-state index in [0.717, 1.165) is 12.1 Å². The molecule has 0 spiro atoms. The third-order valence-electron chi connectivity index (χ3n) is 2.41. The van der Waals surface area contributed by atoms with Crippen molar-refractivity contribution in [2.75, 3.05) is 27.2 Å². The maximum atomic E-state index is 13.0. The van der Waals surface area contributed by atoms with E-state index in [1.54, 1.807) is 25.9 Å². The van der Waals surface area contributed by atoms with Gasteiger partial charge in [-0.2, -0.15) is 0 Å². The predicted octanol–water partition coefficient (Wildman–Crippen LogP) is 1.01. The van der Waals surface area contributed by atoms with E-state index < -0.39 is 23.1 Å². The average Bonchev–Trinajstić information content (AvgIpc) is 2.22. The first-order valence-corrected chi connectivity index (χ1v) is 5.81. The first-order valence-electron chi connectivity index (χ1n) is 5.81. The molecule has 0 saturated heterocycles. The molecule has 1 aromatic carbocycles. The summed E-state index contributed by atoms with van der Waals surface area (Å²) in [5.74, 6) is -2.26. The highest BCUT2D eigenvalue weighted by Crippen LogP contribution is 2.09. The van der Waals surface area contributed by atoms with E-state index in [4.69, 9.17) is 0 Å². The molecule has 0 fully saturated rings. The molecular weight excluding hydrogens is 254 g/mol. The Morgan fingerprint density at radius 1 is 1.32 bits per heavy atom. The zero-order chi connectivity index (χ0) is 14.6. The van der Waals surface area contributed by atoms with Gasteiger partial charge in [-0.15, -0.1) is 0 Å². The summed E-state index contributed by atoms with van der Waals surface area (Å²) in [5, 5.41) is 12.4. The van der Waals surface area contributed by atoms with Gasteiger partial charge in [-0.05, 0) is 33.2 Å². The maximum Gasteiger partial charge on any atom is 0.251 e. The van der Waals surface area contributed by atoms with E-state index in [1.807, 2.05) is 0 Å². The van der Waals surface area contributed by atoms with E-state index in [-0.39, 0.29) is 12.1 Å². The molecule has 1 atom stereocenters. The van der Waals surface area contributed by atoms with Crippen LogP contribution in [0.25, 0.3) is 0 Å². The fraction of sp³-hybridized carbons (Fsp3) is 0.462. The molecule has 0 aromatic heterocycles. The largest absolute Gasteiger partial charge is 0.387 e. The van der Waals surface area contributed by atoms with Gasteiger partial charge in [-0.25, -0.2) is 8.78 Å². The minimum Gasteiger partial charge on any atom is -0.387 e. The maximum absolute atomic E-state index is 13.0. The third-order valence-corrected chi connectivity index (χ3v) is 2.41. The van der Waals surface area contributed by atoms with E-state index in [0.29, 0.717) is 12.6 Å². The van der Waals surface area contributed by atoms with Crippen LogP contribution in [0.2, 0.25) is 0 Å². The lowest BCUT2D eigenvalue weighted by Crippen LogP contribution is -2.47. The smallest absolute Gasteiger partial charge is 0.251 e. The van der Waals surface area contributed by atoms with Crippen molar-refractivity contribution < 1.29 is 18.7 Å². The van der Waals surface area contributed by atoms with Crippen molar-refractivity contribution in [1.29, 1.82) is 0 Å². The average molecular weight is 272 g/mol. The SMILES string of the molecule is CN(C)CC(C)(O)CNC(=O)c1cc(F)cc(F)c1. The number of nitrogens with zero attached hydrogens (tertiary/aromatic N) is 1. The third kappa shape index (κ3) is 5.32. The number of amides is 1. The van der Waals surface area contributed by atoms with Gasteiger partial charge in [0.25, 0.3) is 5.91 Å². The van der Waals surface area contributed by atoms with Crippen molar-refractivity contribution in [3.05, 3.63) is 35.4 Å². The molecule has 6 heteroatoms. The zero-order valence-corrected chi connectivity index (χ0v) is 11.2. The van der Waals surface area contributed by atoms with Crippen LogP contribution >= 0.6 is 0 Å². The van der Waals surface area contributed by atoms with Gasteiger partial charge < -0.3 is 15.3 Å². The van der Waals surface area contributed by atoms with Crippen LogP contribution in [0, 0.1) is 11.6 Å². The van der Waals surface area contributed by atoms with E-state index in [2.05, 4.69) is 5.32 Å². The van der Waals surface area contributed by atoms with Crippen molar-refractivity contribution in [2.24, 2.45) is 0 Å². The Morgan fingerprint density at radius 3 is 2.32 bits per heavy atom. The summed E-state index contributed by atoms with van der Waals surface area (Å²) in [6.45, 7) is 1.91. The van der Waals surface area contributed by atoms with E-state index in [9.17, 15) is 18.7 Å². The van der Waals surface area contributed by atoms with E-state index >= 15 is 0 Å². The number of halogens is 2. The number of hydrogen-bond donors (Lipinski definition) is 2. The normalized spacial score (nSPS) is 14.3. The van der Waals surface area contributed by atoms with Crippen LogP contribution in [0.1, 0.15) is 17.3 Å². The summed E-state index contributed by atoms with van der Waals surface area (Å²) in [6, 6.07) is 2.58. The molecular formula is C13H18F2N2O2. The lowest BCUT2D eigenvalue weighted by Gasteiger charge is -2.27. The van der Waals surface area contributed by atoms with Crippen LogP contribution in [0.3, 0.4) is 0 Å². The summed E-state index contributed by atoms with van der Waals surface area (Å²) >= 11 is 0. The predicted molar refractivity (Wildman–Crippen MR) is 67.9 cm³/mol. The first kappa shape index (κ1) is 15.5. The van der Waals surface area contributed by atoms with Crippen LogP contribution in [-0.2, 0) is 0 Å². The highest BCUT2D eigenvalue weighted by molar-refractivity contribution is 5.94. The number of likely N-dealkylation sites (N-methyl/N-ethyl adjacent to an activating group) is 1. The highest BCUT2D eigenvalue weighted by Gasteiger charge is 2.22. The molecule has 1 rings (SSSR count). The number of hydrogen-bond acceptors (Lipinski definition) is 3. The lowest BCUT2D eigenvalue weighted by molar-refractivity contribution is 0.0326. The van der Waals surface area contributed by atoms with Crippen molar-refractivity contribution in [1.82, 2.24) is 10.2 Å². The monoisotopic (exact) mass is 272 g/mol. The Morgan fingerprint density at radius 2 is 1.84 bits per heavy atom. The number of aliphatic hydroxyl groups is 1. The van der Waals surface area contributed by atoms with Crippen LogP contribution in [-0.4, -0.2) is 48.7 Å². The molecule has 19 heavy (non-hydrogen) atoms. The standard InChI is InChI=1S/C13H18F2N2O2/c1-13(19,8-17(2)3)7-16-12(18)9-4-10(14)6-11(15)5-9/h4-6,19H,7-8H2,1-3H3,(H,16,18). The molecule has 0 aliphatic rings. The second-order valence-corrected chi connectivity index (χ2v) is 5.08. The van der Waals surface area contributed by atoms with Gasteiger partial charge in [0.2, 0.25) is 0 Å². The minimum atomic E-state index is -1.12. The Hall–Kier alpha value is -1.53. The molecule has 1 amide bonds. The Bertz CT molecular complexity index is 442. The molecule has 1 unspecified atom stereocenters. The zero-order valence-electron chi connectivity index (χ0n) is 11.2. The van der Waals surface area contributed by atoms with Crippen LogP contribution in [0.5, 0.6) is 0 Å². The molecule has 1 aromatic rings. The molecule has 106 valence electrons. The van der Waals surface area contributed by atoms with Gasteiger partial charge in [0.15, 0.2) is 0 Å². The minimum absolute atomic E-state index is 0.0118. The van der Waals surface area contributed by atoms with Crippen molar-refractivity contribution >= 4 is 5.91 Å². The summed E-state index contributed by atoms with van der Waals surface area (Å²) < 4.78 is 25.9. The van der Waals surface area contributed by atoms with Crippen LogP contribution in [0.15, 0.2) is 18.2 Å². The van der Waals surface area contributed by atoms with Crippen molar-refractivity contribution in [2.45, 2.75) is 12.5 Å². The number of carbonyl (C=O) groups is 1. The summed E-state index contributed by atoms with van der Waals surface area (Å²) in [5.41, 5.74) is -1.23. The van der Waals surface area contributed by atoms with Gasteiger partial charge in [0.05, 0.1) is 5.60 Å². The van der Waals surface area contributed by atoms with Gasteiger partial charge in [0, 0.05) is 24.7 Å². The van der Waals surface area contributed by atoms with Crippen LogP contribution < -0.4 is 5.32 Å². The Kier molecular flexibility index (Phi) is 4.97. The fourth-order valence-electron chi connectivity index (χ4n) is 1.79. The van der Waals surface area contributed by atoms with E-state index in [1.165, 1.54) is 0 Å². The van der Waals surface area contributed by atoms with Gasteiger partial charge >= 0.3 is 0 Å². The fourth-order valence-corrected chi connectivity index (χ4v) is 1.79. The quantitative estimate of drug-likeness (QED) is 0.841. The molecule has 0 heterocycles. The van der Waals surface area contributed by atoms with Gasteiger partial charge in [-0.1, -0.05) is 0 Å². The van der Waals surface area contributed by atoms with Gasteiger partial charge in [-0.3, -0.25) is 4.79 Å². The van der Waals surface area contributed by atoms with Gasteiger partial charge in [0.1, 0.15) is 11.6 Å². The number of benzene rings is 1. The summed E-state index contributed by atoms with van der Waals surface area (Å²) in [4.78, 5) is 13.5. The van der Waals surface area contributed by atoms with Crippen molar-refractivity contribution in [3.8, 4) is 0 Å². The summed E-state index contributed by atoms with van der Waals surface area (Å²) in [6.07, 6.45) is 0. The second kappa shape index (κ2) is 6.08. The lowest BCUT2D eigenvalue weighted by atomic mass is 10.1. The highest BCUT2D eigenvalue weighted by atomic mass is 19.1. The Labute approximate surface area is 111 Å². The summed E-state index contributed by atoms with van der Waals surface area (Å²) in [7, 11) is 3.58. The molecule has 0 aliphatic carbocycles. The molecule has 0 radical (unpaired) electrons. The molecule has 2 N–H and O–H groups in total. The Balaban J connectivity index is 2.65.